The van der Waals surface area contributed by atoms with Gasteiger partial charge in [0.1, 0.15) is 6.04 Å². The minimum Gasteiger partial charge on any atom is -0.480 e. The number of rotatable bonds is 7. The molecule has 1 atom stereocenters. The molecule has 0 aliphatic rings. The molecule has 1 amide bonds. The summed E-state index contributed by atoms with van der Waals surface area (Å²) in [6.07, 6.45) is 1.84. The van der Waals surface area contributed by atoms with Gasteiger partial charge in [0.15, 0.2) is 0 Å². The maximum absolute atomic E-state index is 11.2. The minimum absolute atomic E-state index is 0.306. The van der Waals surface area contributed by atoms with E-state index in [0.29, 0.717) is 25.0 Å². The monoisotopic (exact) mass is 214 g/mol. The van der Waals surface area contributed by atoms with E-state index in [1.54, 1.807) is 0 Å². The van der Waals surface area contributed by atoms with Crippen LogP contribution in [0.4, 0.5) is 0 Å². The third-order valence-electron chi connectivity index (χ3n) is 1.94. The predicted octanol–water partition coefficient (Wildman–Crippen LogP) is 0.261. The van der Waals surface area contributed by atoms with Gasteiger partial charge < -0.3 is 16.2 Å². The van der Waals surface area contributed by atoms with Crippen LogP contribution in [0.5, 0.6) is 0 Å². The number of amides is 1. The summed E-state index contributed by atoms with van der Waals surface area (Å²) in [6, 6.07) is -0.847. The second kappa shape index (κ2) is 7.00. The van der Waals surface area contributed by atoms with Crippen molar-refractivity contribution in [3.05, 3.63) is 12.2 Å². The number of unbranched alkanes of at least 4 members (excludes halogenated alkanes) is 1. The average Bonchev–Trinajstić information content (AvgIpc) is 2.15. The molecular weight excluding hydrogens is 196 g/mol. The molecule has 4 N–H and O–H groups in total. The number of nitrogens with one attached hydrogen (secondary N) is 1. The van der Waals surface area contributed by atoms with E-state index < -0.39 is 17.9 Å². The molecular formula is C10H18N2O3. The number of hydrogen-bond acceptors (Lipinski definition) is 3. The van der Waals surface area contributed by atoms with Crippen LogP contribution in [0.2, 0.25) is 0 Å². The summed E-state index contributed by atoms with van der Waals surface area (Å²) in [6.45, 7) is 5.50. The van der Waals surface area contributed by atoms with E-state index in [-0.39, 0.29) is 0 Å². The van der Waals surface area contributed by atoms with Crippen molar-refractivity contribution in [3.8, 4) is 0 Å². The summed E-state index contributed by atoms with van der Waals surface area (Å²) in [5.41, 5.74) is 5.60. The zero-order chi connectivity index (χ0) is 11.8. The van der Waals surface area contributed by atoms with E-state index >= 15 is 0 Å². The Morgan fingerprint density at radius 2 is 2.07 bits per heavy atom. The van der Waals surface area contributed by atoms with Gasteiger partial charge in [0.25, 0.3) is 0 Å². The Labute approximate surface area is 89.3 Å². The lowest BCUT2D eigenvalue weighted by molar-refractivity contribution is -0.141. The van der Waals surface area contributed by atoms with Crippen LogP contribution in [0.1, 0.15) is 26.2 Å². The molecule has 0 saturated carbocycles. The second-order valence-electron chi connectivity index (χ2n) is 3.43. The highest BCUT2D eigenvalue weighted by atomic mass is 16.4. The standard InChI is InChI=1S/C10H18N2O3/c1-7(2)9(13)12-8(10(14)15)5-3-4-6-11/h8H,1,3-6,11H2,2H3,(H,12,13)(H,14,15)/t8-/m1/s1. The summed E-state index contributed by atoms with van der Waals surface area (Å²) in [5, 5.41) is 11.2. The van der Waals surface area contributed by atoms with Gasteiger partial charge in [-0.2, -0.15) is 0 Å². The number of carbonyl (C=O) groups is 2. The van der Waals surface area contributed by atoms with Gasteiger partial charge in [0.2, 0.25) is 5.91 Å². The van der Waals surface area contributed by atoms with Gasteiger partial charge in [-0.3, -0.25) is 4.79 Å². The molecule has 15 heavy (non-hydrogen) atoms. The first-order valence-corrected chi connectivity index (χ1v) is 4.88. The van der Waals surface area contributed by atoms with Crippen molar-refractivity contribution in [1.29, 1.82) is 0 Å². The predicted molar refractivity (Wildman–Crippen MR) is 57.3 cm³/mol. The maximum atomic E-state index is 11.2. The Bertz CT molecular complexity index is 251. The summed E-state index contributed by atoms with van der Waals surface area (Å²) in [4.78, 5) is 22.0. The van der Waals surface area contributed by atoms with Crippen LogP contribution in [0.25, 0.3) is 0 Å². The van der Waals surface area contributed by atoms with Crippen LogP contribution in [0.15, 0.2) is 12.2 Å². The fourth-order valence-electron chi connectivity index (χ4n) is 1.03. The van der Waals surface area contributed by atoms with E-state index in [2.05, 4.69) is 11.9 Å². The smallest absolute Gasteiger partial charge is 0.326 e. The molecule has 0 bridgehead atoms. The van der Waals surface area contributed by atoms with Gasteiger partial charge in [0, 0.05) is 5.57 Å². The molecule has 0 unspecified atom stereocenters. The lowest BCUT2D eigenvalue weighted by Crippen LogP contribution is -2.41. The Morgan fingerprint density at radius 3 is 2.47 bits per heavy atom. The van der Waals surface area contributed by atoms with E-state index in [1.165, 1.54) is 6.92 Å². The minimum atomic E-state index is -1.03. The van der Waals surface area contributed by atoms with Crippen molar-refractivity contribution in [2.75, 3.05) is 6.54 Å². The quantitative estimate of drug-likeness (QED) is 0.418. The normalized spacial score (nSPS) is 11.9. The van der Waals surface area contributed by atoms with Crippen LogP contribution in [-0.2, 0) is 9.59 Å². The number of hydrogen-bond donors (Lipinski definition) is 3. The molecule has 0 spiro atoms. The third-order valence-corrected chi connectivity index (χ3v) is 1.94. The van der Waals surface area contributed by atoms with E-state index in [9.17, 15) is 9.59 Å². The molecule has 5 heteroatoms. The van der Waals surface area contributed by atoms with Crippen LogP contribution in [-0.4, -0.2) is 29.6 Å². The number of carboxylic acid groups (broad SMARTS) is 1. The first kappa shape index (κ1) is 13.6. The van der Waals surface area contributed by atoms with Crippen LogP contribution >= 0.6 is 0 Å². The first-order chi connectivity index (χ1) is 6.99. The Hall–Kier alpha value is -1.36. The molecule has 0 aromatic carbocycles. The number of carbonyl (C=O) groups excluding carboxylic acids is 1. The molecule has 86 valence electrons. The van der Waals surface area contributed by atoms with E-state index in [4.69, 9.17) is 10.8 Å². The van der Waals surface area contributed by atoms with Crippen LogP contribution in [0, 0.1) is 0 Å². The van der Waals surface area contributed by atoms with Crippen LogP contribution < -0.4 is 11.1 Å². The van der Waals surface area contributed by atoms with Gasteiger partial charge in [0.05, 0.1) is 0 Å². The fourth-order valence-corrected chi connectivity index (χ4v) is 1.03. The molecule has 0 aliphatic heterocycles. The fraction of sp³-hybridized carbons (Fsp3) is 0.600. The molecule has 0 heterocycles. The maximum Gasteiger partial charge on any atom is 0.326 e. The number of carboxylic acids is 1. The summed E-state index contributed by atoms with van der Waals surface area (Å²) >= 11 is 0. The van der Waals surface area contributed by atoms with Crippen molar-refractivity contribution in [3.63, 3.8) is 0 Å². The molecule has 0 radical (unpaired) electrons. The molecule has 0 saturated heterocycles. The molecule has 0 rings (SSSR count). The molecule has 5 nitrogen and oxygen atoms in total. The molecule has 0 aromatic rings. The highest BCUT2D eigenvalue weighted by molar-refractivity contribution is 5.94. The van der Waals surface area contributed by atoms with Gasteiger partial charge >= 0.3 is 5.97 Å². The third kappa shape index (κ3) is 5.85. The number of nitrogens with two attached hydrogens (primary N) is 1. The zero-order valence-electron chi connectivity index (χ0n) is 8.95. The molecule has 0 aromatic heterocycles. The van der Waals surface area contributed by atoms with Gasteiger partial charge in [-0.1, -0.05) is 6.58 Å². The van der Waals surface area contributed by atoms with Gasteiger partial charge in [-0.05, 0) is 32.7 Å². The van der Waals surface area contributed by atoms with Crippen LogP contribution in [0.3, 0.4) is 0 Å². The lowest BCUT2D eigenvalue weighted by atomic mass is 10.1. The summed E-state index contributed by atoms with van der Waals surface area (Å²) < 4.78 is 0. The van der Waals surface area contributed by atoms with Gasteiger partial charge in [-0.15, -0.1) is 0 Å². The molecule has 0 aliphatic carbocycles. The highest BCUT2D eigenvalue weighted by Crippen LogP contribution is 2.01. The molecule has 0 fully saturated rings. The van der Waals surface area contributed by atoms with Crippen molar-refractivity contribution in [1.82, 2.24) is 5.32 Å². The largest absolute Gasteiger partial charge is 0.480 e. The highest BCUT2D eigenvalue weighted by Gasteiger charge is 2.19. The Kier molecular flexibility index (Phi) is 6.37. The average molecular weight is 214 g/mol. The summed E-state index contributed by atoms with van der Waals surface area (Å²) in [7, 11) is 0. The SMILES string of the molecule is C=C(C)C(=O)N[C@H](CCCCN)C(=O)O. The Morgan fingerprint density at radius 1 is 1.47 bits per heavy atom. The number of aliphatic carboxylic acids is 1. The second-order valence-corrected chi connectivity index (χ2v) is 3.43. The van der Waals surface area contributed by atoms with Crippen molar-refractivity contribution < 1.29 is 14.7 Å². The summed E-state index contributed by atoms with van der Waals surface area (Å²) in [5.74, 6) is -1.45. The first-order valence-electron chi connectivity index (χ1n) is 4.88. The Balaban J connectivity index is 4.10. The van der Waals surface area contributed by atoms with Crippen molar-refractivity contribution in [2.24, 2.45) is 5.73 Å². The van der Waals surface area contributed by atoms with Gasteiger partial charge in [-0.25, -0.2) is 4.79 Å². The van der Waals surface area contributed by atoms with Crippen molar-refractivity contribution in [2.45, 2.75) is 32.2 Å². The zero-order valence-corrected chi connectivity index (χ0v) is 8.95. The van der Waals surface area contributed by atoms with Crippen molar-refractivity contribution >= 4 is 11.9 Å². The lowest BCUT2D eigenvalue weighted by Gasteiger charge is -2.13. The van der Waals surface area contributed by atoms with E-state index in [0.717, 1.165) is 6.42 Å². The van der Waals surface area contributed by atoms with E-state index in [1.807, 2.05) is 0 Å². The topological polar surface area (TPSA) is 92.4 Å².